The standard InChI is InChI=1S/C22H23Cl2N7O/c1-30-8-10-31(11-9-30)17-5-3-16(4-6-17)27-20-13-21(26-14-25-20)29-22(32)28-19-12-15(23)2-7-18(19)24/h2-7,12-14H,8-11H2,1H3,(H3,25,26,27,28,29,32). The van der Waals surface area contributed by atoms with Crippen LogP contribution in [0.5, 0.6) is 0 Å². The van der Waals surface area contributed by atoms with Crippen molar-refractivity contribution in [1.82, 2.24) is 14.9 Å². The number of nitrogens with one attached hydrogen (secondary N) is 3. The van der Waals surface area contributed by atoms with Crippen molar-refractivity contribution in [1.29, 1.82) is 0 Å². The Labute approximate surface area is 196 Å². The van der Waals surface area contributed by atoms with Crippen LogP contribution < -0.4 is 20.9 Å². The van der Waals surface area contributed by atoms with Crippen molar-refractivity contribution in [3.05, 3.63) is 64.9 Å². The maximum atomic E-state index is 12.3. The Morgan fingerprint density at radius 1 is 0.906 bits per heavy atom. The minimum Gasteiger partial charge on any atom is -0.369 e. The molecule has 3 aromatic rings. The summed E-state index contributed by atoms with van der Waals surface area (Å²) in [6, 6.07) is 14.2. The van der Waals surface area contributed by atoms with E-state index >= 15 is 0 Å². The number of halogens is 2. The maximum Gasteiger partial charge on any atom is 0.324 e. The molecule has 1 aliphatic rings. The maximum absolute atomic E-state index is 12.3. The normalized spacial score (nSPS) is 14.2. The Bertz CT molecular complexity index is 1090. The molecule has 0 atom stereocenters. The van der Waals surface area contributed by atoms with Crippen molar-refractivity contribution in [3.8, 4) is 0 Å². The van der Waals surface area contributed by atoms with E-state index in [0.717, 1.165) is 31.9 Å². The predicted molar refractivity (Wildman–Crippen MR) is 131 cm³/mol. The molecule has 10 heteroatoms. The molecule has 2 amide bonds. The number of amides is 2. The van der Waals surface area contributed by atoms with Crippen LogP contribution in [0.15, 0.2) is 54.9 Å². The summed E-state index contributed by atoms with van der Waals surface area (Å²) in [6.45, 7) is 4.17. The molecule has 1 fully saturated rings. The first-order valence-electron chi connectivity index (χ1n) is 10.1. The number of aromatic nitrogens is 2. The summed E-state index contributed by atoms with van der Waals surface area (Å²) in [5.41, 5.74) is 2.50. The average molecular weight is 472 g/mol. The van der Waals surface area contributed by atoms with Gasteiger partial charge in [0.15, 0.2) is 0 Å². The number of urea groups is 1. The van der Waals surface area contributed by atoms with Crippen molar-refractivity contribution >= 4 is 57.9 Å². The van der Waals surface area contributed by atoms with Crippen molar-refractivity contribution in [3.63, 3.8) is 0 Å². The van der Waals surface area contributed by atoms with Gasteiger partial charge in [-0.1, -0.05) is 23.2 Å². The summed E-state index contributed by atoms with van der Waals surface area (Å²) in [6.07, 6.45) is 1.38. The highest BCUT2D eigenvalue weighted by molar-refractivity contribution is 6.35. The fraction of sp³-hybridized carbons (Fsp3) is 0.227. The lowest BCUT2D eigenvalue weighted by Crippen LogP contribution is -2.44. The third-order valence-electron chi connectivity index (χ3n) is 5.09. The lowest BCUT2D eigenvalue weighted by molar-refractivity contribution is 0.262. The topological polar surface area (TPSA) is 85.4 Å². The molecule has 0 saturated carbocycles. The van der Waals surface area contributed by atoms with Gasteiger partial charge in [0, 0.05) is 48.6 Å². The number of carbonyl (C=O) groups excluding carboxylic acids is 1. The molecule has 1 aliphatic heterocycles. The summed E-state index contributed by atoms with van der Waals surface area (Å²) in [5.74, 6) is 0.899. The lowest BCUT2D eigenvalue weighted by atomic mass is 10.2. The molecule has 0 spiro atoms. The molecule has 0 unspecified atom stereocenters. The summed E-state index contributed by atoms with van der Waals surface area (Å²) < 4.78 is 0. The second-order valence-electron chi connectivity index (χ2n) is 7.45. The van der Waals surface area contributed by atoms with Gasteiger partial charge in [-0.15, -0.1) is 0 Å². The Kier molecular flexibility index (Phi) is 6.94. The largest absolute Gasteiger partial charge is 0.369 e. The second kappa shape index (κ2) is 10.0. The zero-order valence-electron chi connectivity index (χ0n) is 17.5. The summed E-state index contributed by atoms with van der Waals surface area (Å²) >= 11 is 12.0. The molecule has 8 nitrogen and oxygen atoms in total. The van der Waals surface area contributed by atoms with Crippen LogP contribution in [0.25, 0.3) is 0 Å². The first-order valence-corrected chi connectivity index (χ1v) is 10.9. The van der Waals surface area contributed by atoms with Gasteiger partial charge in [-0.05, 0) is 49.5 Å². The van der Waals surface area contributed by atoms with Crippen LogP contribution in [-0.4, -0.2) is 54.1 Å². The quantitative estimate of drug-likeness (QED) is 0.489. The first kappa shape index (κ1) is 22.1. The van der Waals surface area contributed by atoms with E-state index in [0.29, 0.717) is 27.4 Å². The van der Waals surface area contributed by atoms with Gasteiger partial charge in [0.25, 0.3) is 0 Å². The first-order chi connectivity index (χ1) is 15.5. The second-order valence-corrected chi connectivity index (χ2v) is 8.30. The summed E-state index contributed by atoms with van der Waals surface area (Å²) in [7, 11) is 2.14. The molecule has 2 heterocycles. The van der Waals surface area contributed by atoms with E-state index in [4.69, 9.17) is 23.2 Å². The zero-order chi connectivity index (χ0) is 22.5. The van der Waals surface area contributed by atoms with Crippen molar-refractivity contribution in [2.24, 2.45) is 0 Å². The number of likely N-dealkylation sites (N-methyl/N-ethyl adjacent to an activating group) is 1. The van der Waals surface area contributed by atoms with E-state index < -0.39 is 6.03 Å². The number of carbonyl (C=O) groups is 1. The van der Waals surface area contributed by atoms with Gasteiger partial charge in [-0.3, -0.25) is 5.32 Å². The van der Waals surface area contributed by atoms with Gasteiger partial charge in [0.05, 0.1) is 10.7 Å². The lowest BCUT2D eigenvalue weighted by Gasteiger charge is -2.34. The van der Waals surface area contributed by atoms with E-state index in [-0.39, 0.29) is 0 Å². The van der Waals surface area contributed by atoms with Crippen LogP contribution in [0.2, 0.25) is 10.0 Å². The third-order valence-corrected chi connectivity index (χ3v) is 5.66. The highest BCUT2D eigenvalue weighted by atomic mass is 35.5. The molecule has 1 aromatic heterocycles. The van der Waals surface area contributed by atoms with Crippen molar-refractivity contribution in [2.45, 2.75) is 0 Å². The molecule has 3 N–H and O–H groups in total. The Morgan fingerprint density at radius 2 is 1.62 bits per heavy atom. The van der Waals surface area contributed by atoms with Crippen LogP contribution in [0.4, 0.5) is 33.5 Å². The predicted octanol–water partition coefficient (Wildman–Crippen LogP) is 4.92. The molecule has 2 aromatic carbocycles. The average Bonchev–Trinajstić information content (AvgIpc) is 2.78. The molecule has 4 rings (SSSR count). The van der Waals surface area contributed by atoms with E-state index in [1.54, 1.807) is 24.3 Å². The highest BCUT2D eigenvalue weighted by Crippen LogP contribution is 2.26. The van der Waals surface area contributed by atoms with E-state index in [1.165, 1.54) is 12.0 Å². The Morgan fingerprint density at radius 3 is 2.38 bits per heavy atom. The SMILES string of the molecule is CN1CCN(c2ccc(Nc3cc(NC(=O)Nc4cc(Cl)ccc4Cl)ncn3)cc2)CC1. The fourth-order valence-corrected chi connectivity index (χ4v) is 3.66. The fourth-order valence-electron chi connectivity index (χ4n) is 3.33. The molecular formula is C22H23Cl2N7O. The minimum atomic E-state index is -0.490. The highest BCUT2D eigenvalue weighted by Gasteiger charge is 2.14. The smallest absolute Gasteiger partial charge is 0.324 e. The van der Waals surface area contributed by atoms with E-state index in [9.17, 15) is 4.79 Å². The number of anilines is 5. The van der Waals surface area contributed by atoms with Crippen LogP contribution in [0, 0.1) is 0 Å². The van der Waals surface area contributed by atoms with Crippen LogP contribution >= 0.6 is 23.2 Å². The van der Waals surface area contributed by atoms with Gasteiger partial charge in [-0.25, -0.2) is 14.8 Å². The third kappa shape index (κ3) is 5.79. The van der Waals surface area contributed by atoms with Crippen molar-refractivity contribution < 1.29 is 4.79 Å². The van der Waals surface area contributed by atoms with Gasteiger partial charge in [-0.2, -0.15) is 0 Å². The molecule has 0 aliphatic carbocycles. The minimum absolute atomic E-state index is 0.340. The molecule has 32 heavy (non-hydrogen) atoms. The van der Waals surface area contributed by atoms with E-state index in [2.05, 4.69) is 54.9 Å². The van der Waals surface area contributed by atoms with E-state index in [1.807, 2.05) is 12.1 Å². The zero-order valence-corrected chi connectivity index (χ0v) is 19.0. The Balaban J connectivity index is 1.36. The number of rotatable bonds is 5. The summed E-state index contributed by atoms with van der Waals surface area (Å²) in [4.78, 5) is 25.3. The van der Waals surface area contributed by atoms with Crippen LogP contribution in [0.3, 0.4) is 0 Å². The van der Waals surface area contributed by atoms with Gasteiger partial charge in [0.1, 0.15) is 18.0 Å². The molecule has 1 saturated heterocycles. The molecule has 166 valence electrons. The monoisotopic (exact) mass is 471 g/mol. The molecular weight excluding hydrogens is 449 g/mol. The van der Waals surface area contributed by atoms with Crippen LogP contribution in [-0.2, 0) is 0 Å². The van der Waals surface area contributed by atoms with Gasteiger partial charge < -0.3 is 20.4 Å². The molecule has 0 radical (unpaired) electrons. The van der Waals surface area contributed by atoms with Crippen molar-refractivity contribution in [2.75, 3.05) is 54.1 Å². The number of piperazine rings is 1. The number of hydrogen-bond acceptors (Lipinski definition) is 6. The summed E-state index contributed by atoms with van der Waals surface area (Å²) in [5, 5.41) is 9.41. The van der Waals surface area contributed by atoms with Gasteiger partial charge in [0.2, 0.25) is 0 Å². The number of nitrogens with zero attached hydrogens (tertiary/aromatic N) is 4. The Hall–Kier alpha value is -3.07. The number of benzene rings is 2. The van der Waals surface area contributed by atoms with Crippen LogP contribution in [0.1, 0.15) is 0 Å². The molecule has 0 bridgehead atoms. The number of hydrogen-bond donors (Lipinski definition) is 3. The van der Waals surface area contributed by atoms with Gasteiger partial charge >= 0.3 is 6.03 Å².